The van der Waals surface area contributed by atoms with Gasteiger partial charge in [0.1, 0.15) is 23.9 Å². The minimum Gasteiger partial charge on any atom is -0.393 e. The number of fused-ring (bicyclic) bond motifs is 1. The van der Waals surface area contributed by atoms with Crippen molar-refractivity contribution in [1.29, 1.82) is 0 Å². The highest BCUT2D eigenvalue weighted by atomic mass is 16.8. The van der Waals surface area contributed by atoms with E-state index in [0.717, 1.165) is 0 Å². The summed E-state index contributed by atoms with van der Waals surface area (Å²) in [6.07, 6.45) is -2.69. The molecule has 5 atom stereocenters. The second-order valence-corrected chi connectivity index (χ2v) is 5.68. The predicted octanol–water partition coefficient (Wildman–Crippen LogP) is -1.95. The lowest BCUT2D eigenvalue weighted by Crippen LogP contribution is -2.70. The average molecular weight is 290 g/mol. The predicted molar refractivity (Wildman–Crippen MR) is 67.4 cm³/mol. The molecule has 0 saturated carbocycles. The third-order valence-corrected chi connectivity index (χ3v) is 3.65. The highest BCUT2D eigenvalue weighted by molar-refractivity contribution is 5.73. The monoisotopic (exact) mass is 290 g/mol. The van der Waals surface area contributed by atoms with Crippen molar-refractivity contribution in [1.82, 2.24) is 5.32 Å². The Balaban J connectivity index is 2.33. The van der Waals surface area contributed by atoms with E-state index in [-0.39, 0.29) is 12.5 Å². The fourth-order valence-electron chi connectivity index (χ4n) is 2.75. The normalized spacial score (nSPS) is 43.1. The van der Waals surface area contributed by atoms with Crippen LogP contribution in [0.25, 0.3) is 0 Å². The molecule has 4 unspecified atom stereocenters. The molecule has 0 bridgehead atoms. The number of amides is 1. The first kappa shape index (κ1) is 15.6. The molecule has 116 valence electrons. The van der Waals surface area contributed by atoms with E-state index in [0.29, 0.717) is 0 Å². The minimum absolute atomic E-state index is 0.0477. The van der Waals surface area contributed by atoms with E-state index in [1.807, 2.05) is 0 Å². The maximum atomic E-state index is 11.3. The zero-order chi connectivity index (χ0) is 15.1. The number of hydrogen-bond acceptors (Lipinski definition) is 7. The van der Waals surface area contributed by atoms with Gasteiger partial charge in [-0.05, 0) is 13.8 Å². The van der Waals surface area contributed by atoms with Crippen LogP contribution in [-0.2, 0) is 19.0 Å². The van der Waals surface area contributed by atoms with E-state index in [9.17, 15) is 15.0 Å². The summed E-state index contributed by atoms with van der Waals surface area (Å²) in [5.74, 6) is -1.25. The Hall–Kier alpha value is -0.770. The van der Waals surface area contributed by atoms with Crippen molar-refractivity contribution in [3.63, 3.8) is 0 Å². The molecular formula is C12H22N2O6. The van der Waals surface area contributed by atoms with Crippen LogP contribution in [0.4, 0.5) is 0 Å². The average Bonchev–Trinajstić information content (AvgIpc) is 2.68. The summed E-state index contributed by atoms with van der Waals surface area (Å²) in [7, 11) is 0. The van der Waals surface area contributed by atoms with Crippen LogP contribution < -0.4 is 11.1 Å². The van der Waals surface area contributed by atoms with Crippen molar-refractivity contribution < 1.29 is 29.2 Å². The molecule has 2 saturated heterocycles. The molecular weight excluding hydrogens is 268 g/mol. The summed E-state index contributed by atoms with van der Waals surface area (Å²) in [6, 6.07) is -0.787. The molecule has 2 aliphatic rings. The number of nitrogens with one attached hydrogen (secondary N) is 1. The summed E-state index contributed by atoms with van der Waals surface area (Å²) in [5, 5.41) is 22.3. The lowest BCUT2D eigenvalue weighted by molar-refractivity contribution is -0.278. The van der Waals surface area contributed by atoms with Crippen molar-refractivity contribution in [3.05, 3.63) is 0 Å². The quantitative estimate of drug-likeness (QED) is 0.476. The van der Waals surface area contributed by atoms with Crippen LogP contribution in [0.1, 0.15) is 20.8 Å². The number of carbonyl (C=O) groups is 1. The van der Waals surface area contributed by atoms with Crippen LogP contribution in [0.3, 0.4) is 0 Å². The van der Waals surface area contributed by atoms with E-state index < -0.39 is 42.5 Å². The van der Waals surface area contributed by atoms with Gasteiger partial charge in [0.15, 0.2) is 12.1 Å². The number of aliphatic hydroxyl groups excluding tert-OH is 2. The summed E-state index contributed by atoms with van der Waals surface area (Å²) in [6.45, 7) is 4.28. The molecule has 8 heteroatoms. The molecule has 0 aromatic carbocycles. The lowest BCUT2D eigenvalue weighted by atomic mass is 9.86. The van der Waals surface area contributed by atoms with Gasteiger partial charge in [-0.15, -0.1) is 0 Å². The Morgan fingerprint density at radius 3 is 2.50 bits per heavy atom. The third-order valence-electron chi connectivity index (χ3n) is 3.65. The first-order chi connectivity index (χ1) is 9.24. The van der Waals surface area contributed by atoms with Gasteiger partial charge in [0, 0.05) is 13.5 Å². The molecule has 5 N–H and O–H groups in total. The molecule has 2 aliphatic heterocycles. The van der Waals surface area contributed by atoms with Gasteiger partial charge in [-0.3, -0.25) is 4.79 Å². The zero-order valence-corrected chi connectivity index (χ0v) is 11.8. The Morgan fingerprint density at radius 2 is 2.00 bits per heavy atom. The molecule has 0 spiro atoms. The number of hydrogen-bond donors (Lipinski definition) is 4. The summed E-state index contributed by atoms with van der Waals surface area (Å²) >= 11 is 0. The number of ether oxygens (including phenoxy) is 3. The summed E-state index contributed by atoms with van der Waals surface area (Å²) < 4.78 is 17.0. The van der Waals surface area contributed by atoms with Gasteiger partial charge in [-0.2, -0.15) is 0 Å². The van der Waals surface area contributed by atoms with Gasteiger partial charge < -0.3 is 35.5 Å². The molecule has 8 nitrogen and oxygen atoms in total. The SMILES string of the molecule is CC(=O)N[C@@H]1C(O)OC(CN)(CO)C2OC(C)(C)OC21. The molecule has 1 amide bonds. The van der Waals surface area contributed by atoms with Crippen molar-refractivity contribution in [3.8, 4) is 0 Å². The first-order valence-electron chi connectivity index (χ1n) is 6.54. The van der Waals surface area contributed by atoms with E-state index in [1.54, 1.807) is 13.8 Å². The third kappa shape index (κ3) is 2.54. The molecule has 0 aromatic heterocycles. The van der Waals surface area contributed by atoms with Crippen LogP contribution in [-0.4, -0.2) is 65.2 Å². The molecule has 0 aliphatic carbocycles. The topological polar surface area (TPSA) is 123 Å². The standard InChI is InChI=1S/C12H22N2O6/c1-6(16)14-7-8-9(19-11(2,3)18-8)12(4-13,5-15)20-10(7)17/h7-10,15,17H,4-5,13H2,1-3H3,(H,14,16)/t7-,8?,9?,10?,12?/m0/s1. The van der Waals surface area contributed by atoms with Crippen LogP contribution in [0.2, 0.25) is 0 Å². The fraction of sp³-hybridized carbons (Fsp3) is 0.917. The van der Waals surface area contributed by atoms with Crippen molar-refractivity contribution >= 4 is 5.91 Å². The van der Waals surface area contributed by atoms with Crippen molar-refractivity contribution in [2.75, 3.05) is 13.2 Å². The second-order valence-electron chi connectivity index (χ2n) is 5.68. The Kier molecular flexibility index (Phi) is 4.07. The zero-order valence-electron chi connectivity index (χ0n) is 11.8. The maximum absolute atomic E-state index is 11.3. The Morgan fingerprint density at radius 1 is 1.35 bits per heavy atom. The number of carbonyl (C=O) groups excluding carboxylic acids is 1. The van der Waals surface area contributed by atoms with Crippen LogP contribution >= 0.6 is 0 Å². The van der Waals surface area contributed by atoms with Gasteiger partial charge in [0.2, 0.25) is 5.91 Å². The number of rotatable bonds is 3. The Bertz CT molecular complexity index is 384. The van der Waals surface area contributed by atoms with Gasteiger partial charge in [-0.1, -0.05) is 0 Å². The minimum atomic E-state index is -1.34. The van der Waals surface area contributed by atoms with Gasteiger partial charge >= 0.3 is 0 Å². The maximum Gasteiger partial charge on any atom is 0.217 e. The van der Waals surface area contributed by atoms with Gasteiger partial charge in [0.05, 0.1) is 6.61 Å². The van der Waals surface area contributed by atoms with Gasteiger partial charge in [-0.25, -0.2) is 0 Å². The van der Waals surface area contributed by atoms with E-state index in [4.69, 9.17) is 19.9 Å². The fourth-order valence-corrected chi connectivity index (χ4v) is 2.75. The highest BCUT2D eigenvalue weighted by Gasteiger charge is 2.61. The molecule has 0 radical (unpaired) electrons. The van der Waals surface area contributed by atoms with E-state index >= 15 is 0 Å². The molecule has 20 heavy (non-hydrogen) atoms. The van der Waals surface area contributed by atoms with Crippen molar-refractivity contribution in [2.24, 2.45) is 5.73 Å². The van der Waals surface area contributed by atoms with Crippen LogP contribution in [0, 0.1) is 0 Å². The second kappa shape index (κ2) is 5.21. The van der Waals surface area contributed by atoms with Crippen molar-refractivity contribution in [2.45, 2.75) is 56.7 Å². The van der Waals surface area contributed by atoms with Crippen LogP contribution in [0.5, 0.6) is 0 Å². The molecule has 2 rings (SSSR count). The smallest absolute Gasteiger partial charge is 0.217 e. The van der Waals surface area contributed by atoms with Gasteiger partial charge in [0.25, 0.3) is 0 Å². The number of aliphatic hydroxyl groups is 2. The Labute approximate surface area is 117 Å². The molecule has 0 aromatic rings. The number of nitrogens with two attached hydrogens (primary N) is 1. The summed E-state index contributed by atoms with van der Waals surface area (Å²) in [5.41, 5.74) is 4.43. The summed E-state index contributed by atoms with van der Waals surface area (Å²) in [4.78, 5) is 11.3. The largest absolute Gasteiger partial charge is 0.393 e. The first-order valence-corrected chi connectivity index (χ1v) is 6.54. The lowest BCUT2D eigenvalue weighted by Gasteiger charge is -2.47. The highest BCUT2D eigenvalue weighted by Crippen LogP contribution is 2.41. The van der Waals surface area contributed by atoms with E-state index in [1.165, 1.54) is 6.92 Å². The van der Waals surface area contributed by atoms with Crippen LogP contribution in [0.15, 0.2) is 0 Å². The molecule has 2 heterocycles. The van der Waals surface area contributed by atoms with E-state index in [2.05, 4.69) is 5.32 Å². The molecule has 2 fully saturated rings.